The second-order valence-corrected chi connectivity index (χ2v) is 19.6. The van der Waals surface area contributed by atoms with Gasteiger partial charge in [0.1, 0.15) is 48.3 Å². The summed E-state index contributed by atoms with van der Waals surface area (Å²) < 4.78 is 0. The van der Waals surface area contributed by atoms with Crippen molar-refractivity contribution in [2.75, 3.05) is 19.7 Å². The number of aliphatic imine (C=N–C) groups is 2. The zero-order valence-electron chi connectivity index (χ0n) is 44.9. The van der Waals surface area contributed by atoms with Crippen LogP contribution in [0.15, 0.2) is 52.4 Å². The van der Waals surface area contributed by atoms with E-state index in [1.54, 1.807) is 52.0 Å². The van der Waals surface area contributed by atoms with Crippen LogP contribution in [0.4, 0.5) is 0 Å². The number of benzene rings is 2. The molecule has 28 nitrogen and oxygen atoms in total. The number of amides is 9. The Kier molecular flexibility index (Phi) is 28.0. The van der Waals surface area contributed by atoms with Crippen molar-refractivity contribution in [3.63, 3.8) is 0 Å². The van der Waals surface area contributed by atoms with E-state index in [2.05, 4.69) is 52.5 Å². The normalized spacial score (nSPS) is 14.5. The van der Waals surface area contributed by atoms with E-state index in [-0.39, 0.29) is 81.8 Å². The van der Waals surface area contributed by atoms with Crippen LogP contribution in [0.3, 0.4) is 0 Å². The van der Waals surface area contributed by atoms with E-state index in [9.17, 15) is 63.3 Å². The summed E-state index contributed by atoms with van der Waals surface area (Å²) >= 11 is 0. The molecular weight excluding hydrogens is 1020 g/mol. The average molecular weight is 1100 g/mol. The van der Waals surface area contributed by atoms with E-state index in [1.807, 2.05) is 18.2 Å². The number of rotatable bonds is 34. The number of carbonyl (C=O) groups is 10. The first-order valence-corrected chi connectivity index (χ1v) is 25.4. The van der Waals surface area contributed by atoms with Crippen molar-refractivity contribution < 1.29 is 63.3 Å². The van der Waals surface area contributed by atoms with Gasteiger partial charge < -0.3 is 86.5 Å². The standard InChI is InChI=1S/C50H79N15O13/c1-25(2)19-34(43(73)59-32(41(51)71)13-9-17-56-49(52)53)61-47(77)38(24-66)64-45(75)36(22-29-15-16-30-11-7-8-12-31(30)21-29)62-44(74)35(20-26(3)4)60-46(76)37(23-39(69)70)63-48(78)40(27(5)67)65-42(72)33(58-28(6)68)14-10-18-57-50(54)55/h7-8,11-12,15-16,21,25-27,32-38,40,66-67H,9-10,13-14,17-20,22-24H2,1-6H3,(H2,51,71)(H,58,68)(H,59,73)(H,60,76)(H,61,77)(H,62,74)(H,63,78)(H,64,75)(H,65,72)(H,69,70)(H4,52,53,56)(H4,54,55,57)/t27-,32+,33+,34+,35+,36-,37+,38+,40+/m1/s1. The van der Waals surface area contributed by atoms with Gasteiger partial charge in [0.2, 0.25) is 53.2 Å². The topological polar surface area (TPSA) is 482 Å². The van der Waals surface area contributed by atoms with E-state index in [1.165, 1.54) is 0 Å². The molecule has 2 aromatic carbocycles. The summed E-state index contributed by atoms with van der Waals surface area (Å²) in [6, 6.07) is 0.383. The number of carbonyl (C=O) groups excluding carboxylic acids is 9. The predicted octanol–water partition coefficient (Wildman–Crippen LogP) is -4.19. The van der Waals surface area contributed by atoms with E-state index in [4.69, 9.17) is 28.7 Å². The minimum absolute atomic E-state index is 0.00635. The van der Waals surface area contributed by atoms with Crippen molar-refractivity contribution >= 4 is 81.8 Å². The van der Waals surface area contributed by atoms with Crippen LogP contribution in [-0.4, -0.2) is 161 Å². The van der Waals surface area contributed by atoms with Gasteiger partial charge in [-0.1, -0.05) is 70.2 Å². The van der Waals surface area contributed by atoms with Crippen LogP contribution in [0.25, 0.3) is 10.8 Å². The molecule has 2 rings (SSSR count). The van der Waals surface area contributed by atoms with E-state index >= 15 is 0 Å². The van der Waals surface area contributed by atoms with Gasteiger partial charge in [0.15, 0.2) is 11.9 Å². The smallest absolute Gasteiger partial charge is 0.305 e. The predicted molar refractivity (Wildman–Crippen MR) is 288 cm³/mol. The van der Waals surface area contributed by atoms with Gasteiger partial charge in [0.05, 0.1) is 19.1 Å². The van der Waals surface area contributed by atoms with Gasteiger partial charge in [-0.05, 0) is 73.6 Å². The third kappa shape index (κ3) is 24.2. The van der Waals surface area contributed by atoms with Crippen LogP contribution >= 0.6 is 0 Å². The zero-order chi connectivity index (χ0) is 58.8. The number of carboxylic acids is 1. The Bertz CT molecular complexity index is 2460. The van der Waals surface area contributed by atoms with Crippen LogP contribution in [0, 0.1) is 11.8 Å². The fraction of sp³-hybridized carbons (Fsp3) is 0.560. The molecule has 0 spiro atoms. The molecule has 0 heterocycles. The van der Waals surface area contributed by atoms with Crippen molar-refractivity contribution in [1.82, 2.24) is 42.5 Å². The highest BCUT2D eigenvalue weighted by Crippen LogP contribution is 2.18. The molecule has 2 aromatic rings. The Hall–Kier alpha value is -8.14. The van der Waals surface area contributed by atoms with Gasteiger partial charge >= 0.3 is 5.97 Å². The molecule has 0 unspecified atom stereocenters. The Labute approximate surface area is 452 Å². The highest BCUT2D eigenvalue weighted by Gasteiger charge is 2.36. The molecule has 9 atom stereocenters. The highest BCUT2D eigenvalue weighted by atomic mass is 16.4. The molecule has 0 fully saturated rings. The maximum Gasteiger partial charge on any atom is 0.305 e. The van der Waals surface area contributed by atoms with Gasteiger partial charge in [-0.3, -0.25) is 57.9 Å². The summed E-state index contributed by atoms with van der Waals surface area (Å²) in [7, 11) is 0. The molecule has 21 N–H and O–H groups in total. The van der Waals surface area contributed by atoms with Gasteiger partial charge in [0, 0.05) is 26.4 Å². The van der Waals surface area contributed by atoms with Gasteiger partial charge in [-0.15, -0.1) is 0 Å². The third-order valence-electron chi connectivity index (χ3n) is 11.7. The number of hydrogen-bond donors (Lipinski definition) is 16. The van der Waals surface area contributed by atoms with E-state index in [0.29, 0.717) is 5.56 Å². The molecule has 0 bridgehead atoms. The van der Waals surface area contributed by atoms with Crippen molar-refractivity contribution in [3.05, 3.63) is 48.0 Å². The molecule has 0 radical (unpaired) electrons. The average Bonchev–Trinajstić information content (AvgIpc) is 3.34. The Balaban J connectivity index is 2.47. The molecule has 0 aliphatic carbocycles. The number of hydrogen-bond acceptors (Lipinski definition) is 14. The summed E-state index contributed by atoms with van der Waals surface area (Å²) in [6.07, 6.45) is -2.44. The van der Waals surface area contributed by atoms with Crippen LogP contribution in [-0.2, 0) is 54.4 Å². The molecule has 432 valence electrons. The minimum Gasteiger partial charge on any atom is -0.481 e. The first-order valence-electron chi connectivity index (χ1n) is 25.4. The lowest BCUT2D eigenvalue weighted by molar-refractivity contribution is -0.142. The maximum absolute atomic E-state index is 14.4. The maximum atomic E-state index is 14.4. The highest BCUT2D eigenvalue weighted by molar-refractivity contribution is 5.99. The number of aliphatic hydroxyl groups is 2. The van der Waals surface area contributed by atoms with Crippen molar-refractivity contribution in [2.24, 2.45) is 50.5 Å². The Morgan fingerprint density at radius 3 is 1.44 bits per heavy atom. The summed E-state index contributed by atoms with van der Waals surface area (Å²) in [5.41, 5.74) is 27.5. The summed E-state index contributed by atoms with van der Waals surface area (Å²) in [6.45, 7) is 8.46. The second kappa shape index (κ2) is 33.1. The minimum atomic E-state index is -1.92. The molecule has 0 aliphatic heterocycles. The van der Waals surface area contributed by atoms with E-state index in [0.717, 1.165) is 24.6 Å². The number of fused-ring (bicyclic) bond motifs is 1. The lowest BCUT2D eigenvalue weighted by Crippen LogP contribution is -2.62. The molecule has 0 saturated carbocycles. The van der Waals surface area contributed by atoms with Gasteiger partial charge in [-0.2, -0.15) is 0 Å². The zero-order valence-corrected chi connectivity index (χ0v) is 44.9. The van der Waals surface area contributed by atoms with Crippen molar-refractivity contribution in [1.29, 1.82) is 0 Å². The molecule has 0 aromatic heterocycles. The fourth-order valence-electron chi connectivity index (χ4n) is 7.88. The van der Waals surface area contributed by atoms with Crippen LogP contribution < -0.4 is 71.2 Å². The molecular formula is C50H79N15O13. The fourth-order valence-corrected chi connectivity index (χ4v) is 7.88. The van der Waals surface area contributed by atoms with Crippen LogP contribution in [0.2, 0.25) is 0 Å². The summed E-state index contributed by atoms with van der Waals surface area (Å²) in [5.74, 6) is -11.0. The van der Waals surface area contributed by atoms with Crippen LogP contribution in [0.1, 0.15) is 92.1 Å². The number of guanidine groups is 2. The molecule has 28 heteroatoms. The number of aliphatic hydroxyl groups excluding tert-OH is 2. The van der Waals surface area contributed by atoms with E-state index < -0.39 is 127 Å². The van der Waals surface area contributed by atoms with Gasteiger partial charge in [-0.25, -0.2) is 0 Å². The number of carboxylic acid groups (broad SMARTS) is 1. The quantitative estimate of drug-likeness (QED) is 0.0180. The second-order valence-electron chi connectivity index (χ2n) is 19.6. The number of aliphatic carboxylic acids is 1. The van der Waals surface area contributed by atoms with Crippen molar-refractivity contribution in [3.8, 4) is 0 Å². The lowest BCUT2D eigenvalue weighted by Gasteiger charge is -2.28. The van der Waals surface area contributed by atoms with Gasteiger partial charge in [0.25, 0.3) is 0 Å². The number of nitrogens with two attached hydrogens (primary N) is 5. The monoisotopic (exact) mass is 1100 g/mol. The van der Waals surface area contributed by atoms with Crippen molar-refractivity contribution in [2.45, 2.75) is 147 Å². The first kappa shape index (κ1) is 66.0. The largest absolute Gasteiger partial charge is 0.481 e. The van der Waals surface area contributed by atoms with Crippen LogP contribution in [0.5, 0.6) is 0 Å². The molecule has 9 amide bonds. The molecule has 0 aliphatic rings. The number of primary amides is 1. The first-order chi connectivity index (χ1) is 36.6. The number of nitrogens with zero attached hydrogens (tertiary/aromatic N) is 2. The Morgan fingerprint density at radius 1 is 0.526 bits per heavy atom. The summed E-state index contributed by atoms with van der Waals surface area (Å²) in [5, 5.41) is 52.1. The Morgan fingerprint density at radius 2 is 0.962 bits per heavy atom. The molecule has 78 heavy (non-hydrogen) atoms. The number of nitrogens with one attached hydrogen (secondary N) is 8. The third-order valence-corrected chi connectivity index (χ3v) is 11.7. The lowest BCUT2D eigenvalue weighted by atomic mass is 9.99. The molecule has 0 saturated heterocycles. The SMILES string of the molecule is CC(=O)N[C@@H](CCCN=C(N)N)C(=O)N[C@H](C(=O)N[C@@H](CC(=O)O)C(=O)N[C@@H](CC(C)C)C(=O)N[C@H](Cc1ccc2ccccc2c1)C(=O)N[C@@H](CO)C(=O)N[C@@H](CC(C)C)C(=O)N[C@@H](CCCN=C(N)N)C(N)=O)[C@@H](C)O. The summed E-state index contributed by atoms with van der Waals surface area (Å²) in [4.78, 5) is 141.